The Morgan fingerprint density at radius 2 is 2.00 bits per heavy atom. The van der Waals surface area contributed by atoms with Crippen molar-refractivity contribution in [3.63, 3.8) is 0 Å². The molecule has 2 aliphatic heterocycles. The van der Waals surface area contributed by atoms with E-state index in [4.69, 9.17) is 18.6 Å². The molecule has 3 aromatic heterocycles. The summed E-state index contributed by atoms with van der Waals surface area (Å²) in [6.07, 6.45) is 6.16. The maximum atomic E-state index is 13.2. The minimum atomic E-state index is -0.328. The van der Waals surface area contributed by atoms with Crippen molar-refractivity contribution in [2.45, 2.75) is 6.54 Å². The number of nitrogens with zero attached hydrogens (tertiary/aromatic N) is 2. The van der Waals surface area contributed by atoms with E-state index < -0.39 is 0 Å². The molecular weight excluding hydrogens is 482 g/mol. The Morgan fingerprint density at radius 3 is 2.83 bits per heavy atom. The van der Waals surface area contributed by atoms with E-state index in [-0.39, 0.29) is 11.3 Å². The third-order valence-electron chi connectivity index (χ3n) is 5.98. The minimum absolute atomic E-state index is 0.107. The van der Waals surface area contributed by atoms with Crippen molar-refractivity contribution >= 4 is 33.4 Å². The molecule has 9 nitrogen and oxygen atoms in total. The molecule has 2 aliphatic rings. The van der Waals surface area contributed by atoms with E-state index in [1.54, 1.807) is 24.5 Å². The van der Waals surface area contributed by atoms with Crippen molar-refractivity contribution in [2.24, 2.45) is 0 Å². The van der Waals surface area contributed by atoms with Gasteiger partial charge in [-0.3, -0.25) is 14.6 Å². The second kappa shape index (κ2) is 9.48. The van der Waals surface area contributed by atoms with Crippen molar-refractivity contribution < 1.29 is 23.4 Å². The van der Waals surface area contributed by atoms with Crippen LogP contribution in [0.5, 0.6) is 11.5 Å². The third kappa shape index (κ3) is 4.21. The van der Waals surface area contributed by atoms with Gasteiger partial charge in [0.05, 0.1) is 18.8 Å². The quantitative estimate of drug-likeness (QED) is 0.437. The van der Waals surface area contributed by atoms with Crippen molar-refractivity contribution in [2.75, 3.05) is 31.2 Å². The first-order valence-corrected chi connectivity index (χ1v) is 12.3. The molecule has 182 valence electrons. The number of nitrogens with one attached hydrogen (secondary N) is 1. The van der Waals surface area contributed by atoms with Crippen molar-refractivity contribution in [3.05, 3.63) is 82.0 Å². The number of aromatic nitrogens is 1. The van der Waals surface area contributed by atoms with E-state index in [2.05, 4.69) is 10.3 Å². The average Bonchev–Trinajstić information content (AvgIpc) is 3.37. The number of ether oxygens (including phenoxy) is 3. The monoisotopic (exact) mass is 503 g/mol. The van der Waals surface area contributed by atoms with E-state index in [0.29, 0.717) is 77.2 Å². The van der Waals surface area contributed by atoms with Crippen LogP contribution in [0.15, 0.2) is 69.8 Å². The SMILES string of the molecule is O=C(NCc1cccnc1)c1cc(-c2csc3c(=O)cc(N4CCOCC4)oc23)cc2c1OC=CO2. The first kappa shape index (κ1) is 22.3. The van der Waals surface area contributed by atoms with Gasteiger partial charge in [0.2, 0.25) is 5.43 Å². The number of fused-ring (bicyclic) bond motifs is 2. The van der Waals surface area contributed by atoms with E-state index in [0.717, 1.165) is 5.56 Å². The molecule has 1 fully saturated rings. The second-order valence-corrected chi connectivity index (χ2v) is 9.14. The lowest BCUT2D eigenvalue weighted by molar-refractivity contribution is 0.0947. The Balaban J connectivity index is 1.40. The molecule has 1 aromatic carbocycles. The van der Waals surface area contributed by atoms with E-state index in [1.165, 1.54) is 29.9 Å². The first-order valence-electron chi connectivity index (χ1n) is 11.4. The fraction of sp³-hybridized carbons (Fsp3) is 0.192. The van der Waals surface area contributed by atoms with Crippen LogP contribution in [0, 0.1) is 0 Å². The van der Waals surface area contributed by atoms with Gasteiger partial charge in [0.15, 0.2) is 23.0 Å². The van der Waals surface area contributed by atoms with Crippen molar-refractivity contribution in [3.8, 4) is 22.6 Å². The van der Waals surface area contributed by atoms with Gasteiger partial charge in [0.1, 0.15) is 17.2 Å². The number of carbonyl (C=O) groups is 1. The summed E-state index contributed by atoms with van der Waals surface area (Å²) < 4.78 is 23.5. The summed E-state index contributed by atoms with van der Waals surface area (Å²) in [6, 6.07) is 8.72. The number of rotatable bonds is 5. The molecule has 5 heterocycles. The second-order valence-electron chi connectivity index (χ2n) is 8.26. The van der Waals surface area contributed by atoms with Crippen LogP contribution in [0.1, 0.15) is 15.9 Å². The summed E-state index contributed by atoms with van der Waals surface area (Å²) in [5, 5.41) is 4.77. The standard InChI is InChI=1S/C26H21N3O6S/c30-20-12-22(29-4-6-32-7-5-29)35-24-19(15-36-25(20)24)17-10-18(23-21(11-17)33-8-9-34-23)26(31)28-14-16-2-1-3-27-13-16/h1-3,8-13,15H,4-7,14H2,(H,28,31). The average molecular weight is 504 g/mol. The molecule has 10 heteroatoms. The molecule has 0 aliphatic carbocycles. The summed E-state index contributed by atoms with van der Waals surface area (Å²) in [7, 11) is 0. The summed E-state index contributed by atoms with van der Waals surface area (Å²) in [5.41, 5.74) is 2.92. The number of carbonyl (C=O) groups excluding carboxylic acids is 1. The number of thiophene rings is 1. The van der Waals surface area contributed by atoms with Crippen LogP contribution in [0.25, 0.3) is 21.4 Å². The van der Waals surface area contributed by atoms with Crippen LogP contribution in [-0.2, 0) is 11.3 Å². The molecule has 0 atom stereocenters. The van der Waals surface area contributed by atoms with Crippen LogP contribution < -0.4 is 25.1 Å². The molecule has 36 heavy (non-hydrogen) atoms. The Bertz CT molecular complexity index is 1520. The molecule has 4 aromatic rings. The van der Waals surface area contributed by atoms with E-state index in [9.17, 15) is 9.59 Å². The van der Waals surface area contributed by atoms with Gasteiger partial charge in [0, 0.05) is 49.0 Å². The Hall–Kier alpha value is -4.15. The molecule has 0 radical (unpaired) electrons. The van der Waals surface area contributed by atoms with Crippen LogP contribution >= 0.6 is 11.3 Å². The smallest absolute Gasteiger partial charge is 0.255 e. The maximum Gasteiger partial charge on any atom is 0.255 e. The topological polar surface area (TPSA) is 103 Å². The highest BCUT2D eigenvalue weighted by Gasteiger charge is 2.24. The predicted molar refractivity (Wildman–Crippen MR) is 135 cm³/mol. The Labute approximate surface area is 209 Å². The number of hydrogen-bond acceptors (Lipinski definition) is 9. The summed E-state index contributed by atoms with van der Waals surface area (Å²) in [5.74, 6) is 0.892. The van der Waals surface area contributed by atoms with Crippen LogP contribution in [0.4, 0.5) is 5.88 Å². The van der Waals surface area contributed by atoms with Gasteiger partial charge in [-0.15, -0.1) is 11.3 Å². The van der Waals surface area contributed by atoms with Gasteiger partial charge < -0.3 is 28.8 Å². The summed E-state index contributed by atoms with van der Waals surface area (Å²) >= 11 is 1.31. The van der Waals surface area contributed by atoms with Gasteiger partial charge in [-0.05, 0) is 29.3 Å². The zero-order chi connectivity index (χ0) is 24.5. The highest BCUT2D eigenvalue weighted by atomic mass is 32.1. The zero-order valence-electron chi connectivity index (χ0n) is 19.1. The fourth-order valence-corrected chi connectivity index (χ4v) is 5.09. The number of amides is 1. The largest absolute Gasteiger partial charge is 0.458 e. The molecule has 0 saturated carbocycles. The molecule has 0 unspecified atom stereocenters. The van der Waals surface area contributed by atoms with Gasteiger partial charge >= 0.3 is 0 Å². The van der Waals surface area contributed by atoms with Crippen LogP contribution in [0.3, 0.4) is 0 Å². The van der Waals surface area contributed by atoms with Crippen LogP contribution in [-0.4, -0.2) is 37.2 Å². The van der Waals surface area contributed by atoms with E-state index in [1.807, 2.05) is 22.4 Å². The lowest BCUT2D eigenvalue weighted by Crippen LogP contribution is -2.36. The molecule has 0 bridgehead atoms. The highest BCUT2D eigenvalue weighted by molar-refractivity contribution is 7.17. The number of anilines is 1. The minimum Gasteiger partial charge on any atom is -0.458 e. The van der Waals surface area contributed by atoms with Gasteiger partial charge in [-0.25, -0.2) is 0 Å². The fourth-order valence-electron chi connectivity index (χ4n) is 4.18. The van der Waals surface area contributed by atoms with E-state index >= 15 is 0 Å². The molecule has 1 amide bonds. The lowest BCUT2D eigenvalue weighted by atomic mass is 10.0. The molecule has 0 spiro atoms. The molecular formula is C26H21N3O6S. The van der Waals surface area contributed by atoms with Gasteiger partial charge in [-0.1, -0.05) is 6.07 Å². The van der Waals surface area contributed by atoms with Crippen molar-refractivity contribution in [1.82, 2.24) is 10.3 Å². The first-order chi connectivity index (χ1) is 17.7. The van der Waals surface area contributed by atoms with Crippen molar-refractivity contribution in [1.29, 1.82) is 0 Å². The summed E-state index contributed by atoms with van der Waals surface area (Å²) in [6.45, 7) is 2.75. The summed E-state index contributed by atoms with van der Waals surface area (Å²) in [4.78, 5) is 32.2. The van der Waals surface area contributed by atoms with Crippen LogP contribution in [0.2, 0.25) is 0 Å². The maximum absolute atomic E-state index is 13.2. The highest BCUT2D eigenvalue weighted by Crippen LogP contribution is 2.42. The molecule has 1 N–H and O–H groups in total. The van der Waals surface area contributed by atoms with Gasteiger partial charge in [0.25, 0.3) is 5.91 Å². The lowest BCUT2D eigenvalue weighted by Gasteiger charge is -2.27. The number of benzene rings is 1. The molecule has 1 saturated heterocycles. The number of hydrogen-bond donors (Lipinski definition) is 1. The number of morpholine rings is 1. The normalized spacial score (nSPS) is 14.7. The third-order valence-corrected chi connectivity index (χ3v) is 6.95. The Morgan fingerprint density at radius 1 is 1.14 bits per heavy atom. The Kier molecular flexibility index (Phi) is 5.88. The number of pyridine rings is 1. The zero-order valence-corrected chi connectivity index (χ0v) is 19.9. The van der Waals surface area contributed by atoms with Gasteiger partial charge in [-0.2, -0.15) is 0 Å². The molecule has 6 rings (SSSR count). The predicted octanol–water partition coefficient (Wildman–Crippen LogP) is 3.93.